The topological polar surface area (TPSA) is 89.1 Å². The third-order valence-corrected chi connectivity index (χ3v) is 3.81. The first-order valence-corrected chi connectivity index (χ1v) is 8.18. The number of nitrogens with zero attached hydrogens (tertiary/aromatic N) is 2. The highest BCUT2D eigenvalue weighted by Gasteiger charge is 2.10. The van der Waals surface area contributed by atoms with Gasteiger partial charge in [-0.25, -0.2) is 0 Å². The molecule has 0 atom stereocenters. The number of hydrogen-bond donors (Lipinski definition) is 2. The zero-order chi connectivity index (χ0) is 17.6. The fourth-order valence-corrected chi connectivity index (χ4v) is 2.30. The van der Waals surface area contributed by atoms with Gasteiger partial charge in [-0.1, -0.05) is 15.9 Å². The van der Waals surface area contributed by atoms with Crippen molar-refractivity contribution in [3.8, 4) is 22.9 Å². The molecule has 1 aromatic heterocycles. The molecule has 3 aromatic rings. The number of carbonyl (C=O) groups is 1. The summed E-state index contributed by atoms with van der Waals surface area (Å²) in [6, 6.07) is 14.6. The lowest BCUT2D eigenvalue weighted by molar-refractivity contribution is -0.118. The van der Waals surface area contributed by atoms with Crippen molar-refractivity contribution < 1.29 is 14.3 Å². The van der Waals surface area contributed by atoms with E-state index in [1.165, 1.54) is 0 Å². The minimum absolute atomic E-state index is 0.131. The largest absolute Gasteiger partial charge is 0.497 e. The van der Waals surface area contributed by atoms with Crippen molar-refractivity contribution in [1.82, 2.24) is 15.2 Å². The number of anilines is 1. The highest BCUT2D eigenvalue weighted by atomic mass is 79.9. The molecule has 2 N–H and O–H groups in total. The first-order valence-electron chi connectivity index (χ1n) is 7.39. The monoisotopic (exact) mass is 402 g/mol. The average Bonchev–Trinajstić information content (AvgIpc) is 3.10. The van der Waals surface area contributed by atoms with Crippen LogP contribution in [0.5, 0.6) is 11.5 Å². The molecule has 0 radical (unpaired) electrons. The number of aromatic amines is 1. The van der Waals surface area contributed by atoms with Gasteiger partial charge >= 0.3 is 0 Å². The zero-order valence-electron chi connectivity index (χ0n) is 13.3. The molecule has 0 unspecified atom stereocenters. The second-order valence-corrected chi connectivity index (χ2v) is 5.94. The van der Waals surface area contributed by atoms with Gasteiger partial charge < -0.3 is 9.47 Å². The first-order chi connectivity index (χ1) is 12.1. The number of methoxy groups -OCH3 is 1. The Balaban J connectivity index is 1.56. The van der Waals surface area contributed by atoms with Gasteiger partial charge in [-0.3, -0.25) is 15.2 Å². The van der Waals surface area contributed by atoms with Crippen molar-refractivity contribution in [1.29, 1.82) is 0 Å². The highest BCUT2D eigenvalue weighted by molar-refractivity contribution is 9.10. The summed E-state index contributed by atoms with van der Waals surface area (Å²) in [4.78, 5) is 16.2. The molecule has 0 fully saturated rings. The summed E-state index contributed by atoms with van der Waals surface area (Å²) < 4.78 is 11.5. The van der Waals surface area contributed by atoms with Gasteiger partial charge in [0.15, 0.2) is 12.4 Å². The number of halogens is 1. The van der Waals surface area contributed by atoms with Crippen LogP contribution < -0.4 is 14.8 Å². The molecular weight excluding hydrogens is 388 g/mol. The predicted molar refractivity (Wildman–Crippen MR) is 96.6 cm³/mol. The number of hydrogen-bond acceptors (Lipinski definition) is 5. The minimum atomic E-state index is -0.344. The number of aromatic nitrogens is 3. The van der Waals surface area contributed by atoms with E-state index in [9.17, 15) is 4.79 Å². The predicted octanol–water partition coefficient (Wildman–Crippen LogP) is 3.26. The van der Waals surface area contributed by atoms with Crippen molar-refractivity contribution in [3.05, 3.63) is 53.0 Å². The number of H-pyrrole nitrogens is 1. The molecule has 0 saturated heterocycles. The van der Waals surface area contributed by atoms with E-state index in [0.717, 1.165) is 15.8 Å². The summed E-state index contributed by atoms with van der Waals surface area (Å²) in [5.74, 6) is 1.75. The van der Waals surface area contributed by atoms with E-state index in [-0.39, 0.29) is 18.5 Å². The lowest BCUT2D eigenvalue weighted by Crippen LogP contribution is -2.20. The van der Waals surface area contributed by atoms with Gasteiger partial charge in [0.2, 0.25) is 5.95 Å². The second-order valence-electron chi connectivity index (χ2n) is 5.03. The molecule has 0 saturated carbocycles. The van der Waals surface area contributed by atoms with Crippen LogP contribution in [-0.2, 0) is 4.79 Å². The van der Waals surface area contributed by atoms with E-state index in [1.54, 1.807) is 19.2 Å². The Labute approximate surface area is 152 Å². The molecule has 0 bridgehead atoms. The van der Waals surface area contributed by atoms with Crippen LogP contribution in [0.25, 0.3) is 11.4 Å². The summed E-state index contributed by atoms with van der Waals surface area (Å²) >= 11 is 3.34. The molecular formula is C17H15BrN4O3. The third-order valence-electron chi connectivity index (χ3n) is 3.28. The Kier molecular flexibility index (Phi) is 5.30. The molecule has 1 heterocycles. The molecule has 128 valence electrons. The third kappa shape index (κ3) is 4.57. The Bertz CT molecular complexity index is 847. The van der Waals surface area contributed by atoms with Gasteiger partial charge in [0.1, 0.15) is 11.5 Å². The fourth-order valence-electron chi connectivity index (χ4n) is 2.04. The molecule has 0 aliphatic rings. The Morgan fingerprint density at radius 3 is 2.48 bits per heavy atom. The number of amides is 1. The number of rotatable bonds is 6. The van der Waals surface area contributed by atoms with Crippen LogP contribution in [0.15, 0.2) is 53.0 Å². The summed E-state index contributed by atoms with van der Waals surface area (Å²) in [5.41, 5.74) is 0.833. The quantitative estimate of drug-likeness (QED) is 0.660. The molecule has 3 rings (SSSR count). The van der Waals surface area contributed by atoms with Crippen molar-refractivity contribution in [2.45, 2.75) is 0 Å². The number of benzene rings is 2. The van der Waals surface area contributed by atoms with E-state index < -0.39 is 0 Å². The number of carbonyl (C=O) groups excluding carboxylic acids is 1. The molecule has 25 heavy (non-hydrogen) atoms. The van der Waals surface area contributed by atoms with Crippen LogP contribution >= 0.6 is 15.9 Å². The Morgan fingerprint density at radius 1 is 1.12 bits per heavy atom. The van der Waals surface area contributed by atoms with E-state index in [1.807, 2.05) is 36.4 Å². The zero-order valence-corrected chi connectivity index (χ0v) is 14.9. The van der Waals surface area contributed by atoms with Gasteiger partial charge in [0.05, 0.1) is 7.11 Å². The molecule has 1 amide bonds. The van der Waals surface area contributed by atoms with Gasteiger partial charge in [-0.15, -0.1) is 5.10 Å². The molecule has 7 nitrogen and oxygen atoms in total. The standard InChI is InChI=1S/C17H15BrN4O3/c1-24-13-6-2-11(3-7-13)16-20-17(22-21-16)19-15(23)10-25-14-8-4-12(18)5-9-14/h2-9H,10H2,1H3,(H2,19,20,21,22,23). The van der Waals surface area contributed by atoms with Crippen molar-refractivity contribution in [2.24, 2.45) is 0 Å². The fraction of sp³-hybridized carbons (Fsp3) is 0.118. The summed E-state index contributed by atoms with van der Waals surface area (Å²) in [6.45, 7) is -0.131. The summed E-state index contributed by atoms with van der Waals surface area (Å²) in [7, 11) is 1.60. The van der Waals surface area contributed by atoms with Crippen LogP contribution in [0, 0.1) is 0 Å². The van der Waals surface area contributed by atoms with Gasteiger partial charge in [-0.05, 0) is 48.5 Å². The van der Waals surface area contributed by atoms with Crippen LogP contribution in [0.3, 0.4) is 0 Å². The summed E-state index contributed by atoms with van der Waals surface area (Å²) in [6.07, 6.45) is 0. The molecule has 0 spiro atoms. The first kappa shape index (κ1) is 17.0. The maximum Gasteiger partial charge on any atom is 0.264 e. The van der Waals surface area contributed by atoms with Crippen molar-refractivity contribution in [3.63, 3.8) is 0 Å². The molecule has 2 aromatic carbocycles. The van der Waals surface area contributed by atoms with Crippen LogP contribution in [0.1, 0.15) is 0 Å². The SMILES string of the molecule is COc1ccc(-c2nc(NC(=O)COc3ccc(Br)cc3)n[nH]2)cc1. The Hall–Kier alpha value is -2.87. The van der Waals surface area contributed by atoms with Crippen molar-refractivity contribution in [2.75, 3.05) is 19.0 Å². The normalized spacial score (nSPS) is 10.3. The molecule has 8 heteroatoms. The lowest BCUT2D eigenvalue weighted by Gasteiger charge is -2.05. The van der Waals surface area contributed by atoms with E-state index in [0.29, 0.717) is 11.6 Å². The van der Waals surface area contributed by atoms with Gasteiger partial charge in [0.25, 0.3) is 5.91 Å². The summed E-state index contributed by atoms with van der Waals surface area (Å²) in [5, 5.41) is 9.35. The van der Waals surface area contributed by atoms with Crippen LogP contribution in [0.4, 0.5) is 5.95 Å². The maximum absolute atomic E-state index is 11.9. The van der Waals surface area contributed by atoms with E-state index in [4.69, 9.17) is 9.47 Å². The van der Waals surface area contributed by atoms with Crippen LogP contribution in [-0.4, -0.2) is 34.8 Å². The highest BCUT2D eigenvalue weighted by Crippen LogP contribution is 2.20. The maximum atomic E-state index is 11.9. The Morgan fingerprint density at radius 2 is 1.80 bits per heavy atom. The number of ether oxygens (including phenoxy) is 2. The van der Waals surface area contributed by atoms with Gasteiger partial charge in [0, 0.05) is 10.0 Å². The van der Waals surface area contributed by atoms with Gasteiger partial charge in [-0.2, -0.15) is 4.98 Å². The molecule has 0 aliphatic heterocycles. The minimum Gasteiger partial charge on any atom is -0.497 e. The smallest absolute Gasteiger partial charge is 0.264 e. The lowest BCUT2D eigenvalue weighted by atomic mass is 10.2. The van der Waals surface area contributed by atoms with Crippen LogP contribution in [0.2, 0.25) is 0 Å². The average molecular weight is 403 g/mol. The van der Waals surface area contributed by atoms with E-state index in [2.05, 4.69) is 36.4 Å². The molecule has 0 aliphatic carbocycles. The van der Waals surface area contributed by atoms with E-state index >= 15 is 0 Å². The second kappa shape index (κ2) is 7.80. The number of nitrogens with one attached hydrogen (secondary N) is 2. The van der Waals surface area contributed by atoms with Crippen molar-refractivity contribution >= 4 is 27.8 Å².